The summed E-state index contributed by atoms with van der Waals surface area (Å²) in [5.74, 6) is 0. The van der Waals surface area contributed by atoms with E-state index >= 15 is 0 Å². The molecule has 0 aliphatic carbocycles. The number of halogens is 1. The molecule has 0 bridgehead atoms. The Kier molecular flexibility index (Phi) is 4.73. The second-order valence-electron chi connectivity index (χ2n) is 5.49. The quantitative estimate of drug-likeness (QED) is 0.806. The van der Waals surface area contributed by atoms with Gasteiger partial charge in [-0.25, -0.2) is 0 Å². The molecule has 0 aromatic heterocycles. The molecule has 0 radical (unpaired) electrons. The third-order valence-electron chi connectivity index (χ3n) is 4.17. The fourth-order valence-corrected chi connectivity index (χ4v) is 3.11. The van der Waals surface area contributed by atoms with Crippen LogP contribution in [0.15, 0.2) is 59.1 Å². The molecule has 2 aromatic rings. The van der Waals surface area contributed by atoms with Gasteiger partial charge in [-0.2, -0.15) is 0 Å². The highest BCUT2D eigenvalue weighted by molar-refractivity contribution is 9.10. The summed E-state index contributed by atoms with van der Waals surface area (Å²) in [6, 6.07) is 19.6. The van der Waals surface area contributed by atoms with E-state index in [9.17, 15) is 0 Å². The van der Waals surface area contributed by atoms with Gasteiger partial charge in [0.25, 0.3) is 0 Å². The van der Waals surface area contributed by atoms with Gasteiger partial charge in [0.1, 0.15) is 0 Å². The van der Waals surface area contributed by atoms with E-state index in [0.29, 0.717) is 6.04 Å². The van der Waals surface area contributed by atoms with Crippen LogP contribution in [0.5, 0.6) is 0 Å². The average molecular weight is 346 g/mol. The van der Waals surface area contributed by atoms with Crippen molar-refractivity contribution in [2.75, 3.05) is 19.7 Å². The number of hydrogen-bond acceptors (Lipinski definition) is 2. The van der Waals surface area contributed by atoms with Gasteiger partial charge in [-0.05, 0) is 30.2 Å². The topological polar surface area (TPSA) is 12.5 Å². The third-order valence-corrected chi connectivity index (χ3v) is 4.70. The van der Waals surface area contributed by atoms with Crippen LogP contribution in [-0.4, -0.2) is 24.6 Å². The Hall–Kier alpha value is -1.16. The monoisotopic (exact) mass is 345 g/mol. The molecule has 1 heterocycles. The van der Waals surface area contributed by atoms with E-state index in [1.165, 1.54) is 11.1 Å². The van der Waals surface area contributed by atoms with Gasteiger partial charge in [0, 0.05) is 23.6 Å². The van der Waals surface area contributed by atoms with Gasteiger partial charge in [0.15, 0.2) is 0 Å². The Labute approximate surface area is 134 Å². The van der Waals surface area contributed by atoms with E-state index in [0.717, 1.165) is 24.2 Å². The highest BCUT2D eigenvalue weighted by Gasteiger charge is 2.25. The summed E-state index contributed by atoms with van der Waals surface area (Å²) in [7, 11) is 0. The summed E-state index contributed by atoms with van der Waals surface area (Å²) in [6.07, 6.45) is 0.165. The molecule has 0 N–H and O–H groups in total. The summed E-state index contributed by atoms with van der Waals surface area (Å²) in [5, 5.41) is 0. The van der Waals surface area contributed by atoms with Crippen LogP contribution >= 0.6 is 15.9 Å². The number of rotatable bonds is 3. The van der Waals surface area contributed by atoms with Crippen LogP contribution in [-0.2, 0) is 4.74 Å². The second kappa shape index (κ2) is 6.73. The molecule has 3 heteroatoms. The van der Waals surface area contributed by atoms with E-state index < -0.39 is 0 Å². The van der Waals surface area contributed by atoms with Gasteiger partial charge in [-0.3, -0.25) is 4.90 Å². The van der Waals surface area contributed by atoms with Crippen LogP contribution in [0.1, 0.15) is 30.2 Å². The van der Waals surface area contributed by atoms with Gasteiger partial charge in [0.05, 0.1) is 12.7 Å². The molecule has 2 aromatic carbocycles. The van der Waals surface area contributed by atoms with Crippen molar-refractivity contribution in [3.63, 3.8) is 0 Å². The highest BCUT2D eigenvalue weighted by atomic mass is 79.9. The smallest absolute Gasteiger partial charge is 0.0952 e. The lowest BCUT2D eigenvalue weighted by atomic mass is 10.0. The summed E-state index contributed by atoms with van der Waals surface area (Å²) in [4.78, 5) is 2.51. The number of ether oxygens (including phenoxy) is 1. The maximum atomic E-state index is 5.96. The number of benzene rings is 2. The van der Waals surface area contributed by atoms with Crippen molar-refractivity contribution in [2.45, 2.75) is 19.1 Å². The van der Waals surface area contributed by atoms with Crippen LogP contribution in [0.2, 0.25) is 0 Å². The molecule has 1 saturated heterocycles. The molecule has 21 heavy (non-hydrogen) atoms. The average Bonchev–Trinajstić information content (AvgIpc) is 2.56. The van der Waals surface area contributed by atoms with Gasteiger partial charge >= 0.3 is 0 Å². The van der Waals surface area contributed by atoms with Gasteiger partial charge in [-0.1, -0.05) is 58.4 Å². The van der Waals surface area contributed by atoms with Crippen molar-refractivity contribution in [2.24, 2.45) is 0 Å². The molecule has 110 valence electrons. The molecule has 1 aliphatic rings. The van der Waals surface area contributed by atoms with Crippen LogP contribution in [0.4, 0.5) is 0 Å². The SMILES string of the molecule is C[C@@H](c1ccccc1)N1CCO[C@H](c2ccc(Br)cc2)C1. The molecule has 0 unspecified atom stereocenters. The second-order valence-corrected chi connectivity index (χ2v) is 6.41. The molecule has 0 amide bonds. The van der Waals surface area contributed by atoms with Gasteiger partial charge in [0.2, 0.25) is 0 Å². The Morgan fingerprint density at radius 2 is 1.81 bits per heavy atom. The van der Waals surface area contributed by atoms with Crippen LogP contribution < -0.4 is 0 Å². The van der Waals surface area contributed by atoms with Crippen LogP contribution in [0, 0.1) is 0 Å². The maximum absolute atomic E-state index is 5.96. The lowest BCUT2D eigenvalue weighted by molar-refractivity contribution is -0.0431. The zero-order valence-electron chi connectivity index (χ0n) is 12.2. The summed E-state index contributed by atoms with van der Waals surface area (Å²) in [5.41, 5.74) is 2.62. The van der Waals surface area contributed by atoms with Crippen molar-refractivity contribution in [1.82, 2.24) is 4.90 Å². The highest BCUT2D eigenvalue weighted by Crippen LogP contribution is 2.29. The molecule has 3 rings (SSSR count). The third kappa shape index (κ3) is 3.54. The van der Waals surface area contributed by atoms with Crippen LogP contribution in [0.3, 0.4) is 0 Å². The van der Waals surface area contributed by atoms with Crippen molar-refractivity contribution in [1.29, 1.82) is 0 Å². The standard InChI is InChI=1S/C18H20BrNO/c1-14(15-5-3-2-4-6-15)20-11-12-21-18(13-20)16-7-9-17(19)10-8-16/h2-10,14,18H,11-13H2,1H3/t14-,18-/m0/s1. The lowest BCUT2D eigenvalue weighted by Crippen LogP contribution is -2.39. The van der Waals surface area contributed by atoms with Crippen molar-refractivity contribution >= 4 is 15.9 Å². The molecule has 0 spiro atoms. The van der Waals surface area contributed by atoms with E-state index in [1.807, 2.05) is 0 Å². The van der Waals surface area contributed by atoms with E-state index in [4.69, 9.17) is 4.74 Å². The molecule has 2 nitrogen and oxygen atoms in total. The molecular formula is C18H20BrNO. The maximum Gasteiger partial charge on any atom is 0.0952 e. The minimum atomic E-state index is 0.165. The minimum Gasteiger partial charge on any atom is -0.371 e. The largest absolute Gasteiger partial charge is 0.371 e. The first-order chi connectivity index (χ1) is 10.2. The van der Waals surface area contributed by atoms with Crippen LogP contribution in [0.25, 0.3) is 0 Å². The normalized spacial score (nSPS) is 21.1. The van der Waals surface area contributed by atoms with E-state index in [-0.39, 0.29) is 6.10 Å². The first-order valence-corrected chi connectivity index (χ1v) is 8.19. The zero-order valence-corrected chi connectivity index (χ0v) is 13.8. The first kappa shape index (κ1) is 14.8. The zero-order chi connectivity index (χ0) is 14.7. The fourth-order valence-electron chi connectivity index (χ4n) is 2.84. The van der Waals surface area contributed by atoms with E-state index in [2.05, 4.69) is 82.4 Å². The first-order valence-electron chi connectivity index (χ1n) is 7.40. The summed E-state index contributed by atoms with van der Waals surface area (Å²) >= 11 is 3.48. The summed E-state index contributed by atoms with van der Waals surface area (Å²) < 4.78 is 7.07. The number of nitrogens with zero attached hydrogens (tertiary/aromatic N) is 1. The predicted octanol–water partition coefficient (Wildman–Crippen LogP) is 4.58. The Morgan fingerprint density at radius 1 is 1.10 bits per heavy atom. The predicted molar refractivity (Wildman–Crippen MR) is 89.3 cm³/mol. The van der Waals surface area contributed by atoms with Crippen molar-refractivity contribution < 1.29 is 4.74 Å². The minimum absolute atomic E-state index is 0.165. The van der Waals surface area contributed by atoms with E-state index in [1.54, 1.807) is 0 Å². The molecule has 1 aliphatic heterocycles. The Morgan fingerprint density at radius 3 is 2.52 bits per heavy atom. The van der Waals surface area contributed by atoms with Crippen molar-refractivity contribution in [3.8, 4) is 0 Å². The molecular weight excluding hydrogens is 326 g/mol. The van der Waals surface area contributed by atoms with Gasteiger partial charge < -0.3 is 4.74 Å². The van der Waals surface area contributed by atoms with Gasteiger partial charge in [-0.15, -0.1) is 0 Å². The summed E-state index contributed by atoms with van der Waals surface area (Å²) in [6.45, 7) is 5.00. The Bertz CT molecular complexity index is 570. The fraction of sp³-hybridized carbons (Fsp3) is 0.333. The molecule has 2 atom stereocenters. The Balaban J connectivity index is 1.72. The number of morpholine rings is 1. The van der Waals surface area contributed by atoms with Crippen molar-refractivity contribution in [3.05, 3.63) is 70.2 Å². The molecule has 1 fully saturated rings. The molecule has 0 saturated carbocycles. The lowest BCUT2D eigenvalue weighted by Gasteiger charge is -2.37. The number of hydrogen-bond donors (Lipinski definition) is 0.